The first-order chi connectivity index (χ1) is 17.4. The zero-order valence-electron chi connectivity index (χ0n) is 19.1. The highest BCUT2D eigenvalue weighted by Crippen LogP contribution is 2.36. The molecular weight excluding hydrogens is 484 g/mol. The SMILES string of the molecule is COc1cc(C=NNC(=O)c2cc3ccccc3cc2O)cc(Cl)c1OCc1ccc(C(=O)O)cc1. The lowest BCUT2D eigenvalue weighted by Crippen LogP contribution is -2.17. The number of nitrogens with zero attached hydrogens (tertiary/aromatic N) is 1. The van der Waals surface area contributed by atoms with Crippen LogP contribution in [0.1, 0.15) is 31.8 Å². The highest BCUT2D eigenvalue weighted by molar-refractivity contribution is 6.32. The Labute approximate surface area is 211 Å². The molecule has 0 bridgehead atoms. The van der Waals surface area contributed by atoms with Crippen LogP contribution >= 0.6 is 11.6 Å². The summed E-state index contributed by atoms with van der Waals surface area (Å²) in [5.41, 5.74) is 3.97. The Hall–Kier alpha value is -4.56. The number of fused-ring (bicyclic) bond motifs is 1. The van der Waals surface area contributed by atoms with Gasteiger partial charge in [0.2, 0.25) is 0 Å². The van der Waals surface area contributed by atoms with E-state index in [1.165, 1.54) is 31.5 Å². The zero-order chi connectivity index (χ0) is 25.7. The number of ether oxygens (including phenoxy) is 2. The molecule has 3 N–H and O–H groups in total. The minimum absolute atomic E-state index is 0.0987. The predicted molar refractivity (Wildman–Crippen MR) is 136 cm³/mol. The number of benzene rings is 4. The lowest BCUT2D eigenvalue weighted by Gasteiger charge is -2.13. The van der Waals surface area contributed by atoms with Crippen molar-refractivity contribution < 1.29 is 29.3 Å². The smallest absolute Gasteiger partial charge is 0.335 e. The Morgan fingerprint density at radius 3 is 2.39 bits per heavy atom. The molecule has 0 saturated carbocycles. The Morgan fingerprint density at radius 2 is 1.72 bits per heavy atom. The van der Waals surface area contributed by atoms with Gasteiger partial charge in [0.15, 0.2) is 11.5 Å². The number of phenols is 1. The second kappa shape index (κ2) is 10.8. The predicted octanol–water partition coefficient (Wildman–Crippen LogP) is 5.25. The first kappa shape index (κ1) is 24.6. The number of rotatable bonds is 8. The number of carbonyl (C=O) groups excluding carboxylic acids is 1. The monoisotopic (exact) mass is 504 g/mol. The first-order valence-electron chi connectivity index (χ1n) is 10.7. The zero-order valence-corrected chi connectivity index (χ0v) is 19.8. The molecule has 182 valence electrons. The fourth-order valence-electron chi connectivity index (χ4n) is 3.49. The van der Waals surface area contributed by atoms with Gasteiger partial charge < -0.3 is 19.7 Å². The van der Waals surface area contributed by atoms with E-state index in [1.807, 2.05) is 24.3 Å². The molecule has 4 aromatic rings. The highest BCUT2D eigenvalue weighted by atomic mass is 35.5. The Kier molecular flexibility index (Phi) is 7.36. The maximum absolute atomic E-state index is 12.5. The molecule has 0 aliphatic rings. The number of aromatic hydroxyl groups is 1. The molecule has 36 heavy (non-hydrogen) atoms. The number of hydrogen-bond acceptors (Lipinski definition) is 6. The number of carboxylic acid groups (broad SMARTS) is 1. The minimum atomic E-state index is -1.00. The lowest BCUT2D eigenvalue weighted by molar-refractivity contribution is 0.0696. The summed E-state index contributed by atoms with van der Waals surface area (Å²) in [6.07, 6.45) is 1.39. The Morgan fingerprint density at radius 1 is 1.03 bits per heavy atom. The number of aromatic carboxylic acids is 1. The summed E-state index contributed by atoms with van der Waals surface area (Å²) in [4.78, 5) is 23.5. The van der Waals surface area contributed by atoms with Gasteiger partial charge in [0.25, 0.3) is 5.91 Å². The van der Waals surface area contributed by atoms with Gasteiger partial charge in [0.1, 0.15) is 12.4 Å². The first-order valence-corrected chi connectivity index (χ1v) is 11.1. The summed E-state index contributed by atoms with van der Waals surface area (Å²) < 4.78 is 11.2. The number of hydrogen-bond donors (Lipinski definition) is 3. The van der Waals surface area contributed by atoms with Crippen LogP contribution in [0.2, 0.25) is 5.02 Å². The minimum Gasteiger partial charge on any atom is -0.507 e. The van der Waals surface area contributed by atoms with E-state index in [9.17, 15) is 14.7 Å². The fourth-order valence-corrected chi connectivity index (χ4v) is 3.76. The van der Waals surface area contributed by atoms with Crippen LogP contribution in [0.15, 0.2) is 77.9 Å². The van der Waals surface area contributed by atoms with Crippen molar-refractivity contribution in [2.24, 2.45) is 5.10 Å². The van der Waals surface area contributed by atoms with Crippen LogP contribution in [0.4, 0.5) is 0 Å². The topological polar surface area (TPSA) is 117 Å². The van der Waals surface area contributed by atoms with Crippen molar-refractivity contribution in [3.8, 4) is 17.2 Å². The molecule has 0 unspecified atom stereocenters. The van der Waals surface area contributed by atoms with Crippen LogP contribution < -0.4 is 14.9 Å². The van der Waals surface area contributed by atoms with E-state index in [2.05, 4.69) is 10.5 Å². The molecule has 0 aliphatic heterocycles. The van der Waals surface area contributed by atoms with E-state index in [0.29, 0.717) is 17.1 Å². The molecule has 4 aromatic carbocycles. The summed E-state index contributed by atoms with van der Waals surface area (Å²) in [5.74, 6) is -1.06. The van der Waals surface area contributed by atoms with Crippen molar-refractivity contribution in [2.75, 3.05) is 7.11 Å². The Bertz CT molecular complexity index is 1470. The molecule has 0 aliphatic carbocycles. The van der Waals surface area contributed by atoms with E-state index >= 15 is 0 Å². The number of hydrazone groups is 1. The van der Waals surface area contributed by atoms with Crippen LogP contribution in [0.25, 0.3) is 10.8 Å². The second-order valence-corrected chi connectivity index (χ2v) is 8.15. The van der Waals surface area contributed by atoms with E-state index in [4.69, 9.17) is 26.2 Å². The van der Waals surface area contributed by atoms with Crippen LogP contribution in [0, 0.1) is 0 Å². The van der Waals surface area contributed by atoms with Crippen molar-refractivity contribution in [2.45, 2.75) is 6.61 Å². The molecule has 1 amide bonds. The van der Waals surface area contributed by atoms with Gasteiger partial charge in [-0.3, -0.25) is 4.79 Å². The third-order valence-corrected chi connectivity index (χ3v) is 5.60. The third-order valence-electron chi connectivity index (χ3n) is 5.32. The van der Waals surface area contributed by atoms with Crippen LogP contribution in [-0.4, -0.2) is 35.4 Å². The molecule has 4 rings (SSSR count). The van der Waals surface area contributed by atoms with Crippen molar-refractivity contribution in [3.63, 3.8) is 0 Å². The standard InChI is InChI=1S/C27H21ClN2O6/c1-35-24-11-17(10-22(28)25(24)36-15-16-6-8-18(9-7-16)27(33)34)14-29-30-26(32)21-12-19-4-2-3-5-20(19)13-23(21)31/h2-14,31H,15H2,1H3,(H,30,32)(H,33,34). The maximum Gasteiger partial charge on any atom is 0.335 e. The van der Waals surface area contributed by atoms with Crippen LogP contribution in [0.5, 0.6) is 17.2 Å². The van der Waals surface area contributed by atoms with Crippen molar-refractivity contribution >= 4 is 40.5 Å². The average Bonchev–Trinajstić information content (AvgIpc) is 2.87. The van der Waals surface area contributed by atoms with Gasteiger partial charge in [-0.05, 0) is 58.3 Å². The van der Waals surface area contributed by atoms with Crippen molar-refractivity contribution in [1.29, 1.82) is 0 Å². The molecule has 0 radical (unpaired) electrons. The number of methoxy groups -OCH3 is 1. The largest absolute Gasteiger partial charge is 0.507 e. The van der Waals surface area contributed by atoms with Crippen molar-refractivity contribution in [3.05, 3.63) is 100 Å². The van der Waals surface area contributed by atoms with E-state index in [0.717, 1.165) is 16.3 Å². The molecule has 0 saturated heterocycles. The highest BCUT2D eigenvalue weighted by Gasteiger charge is 2.14. The maximum atomic E-state index is 12.5. The summed E-state index contributed by atoms with van der Waals surface area (Å²) >= 11 is 6.40. The van der Waals surface area contributed by atoms with Gasteiger partial charge in [-0.25, -0.2) is 10.2 Å². The van der Waals surface area contributed by atoms with Crippen molar-refractivity contribution in [1.82, 2.24) is 5.43 Å². The molecule has 0 atom stereocenters. The van der Waals surface area contributed by atoms with E-state index in [-0.39, 0.29) is 28.5 Å². The summed E-state index contributed by atoms with van der Waals surface area (Å²) in [7, 11) is 1.46. The fraction of sp³-hybridized carbons (Fsp3) is 0.0741. The van der Waals surface area contributed by atoms with E-state index < -0.39 is 11.9 Å². The van der Waals surface area contributed by atoms with Gasteiger partial charge >= 0.3 is 5.97 Å². The van der Waals surface area contributed by atoms with Gasteiger partial charge in [0, 0.05) is 0 Å². The molecule has 0 aromatic heterocycles. The van der Waals surface area contributed by atoms with Gasteiger partial charge in [-0.15, -0.1) is 0 Å². The third kappa shape index (κ3) is 5.56. The molecule has 0 heterocycles. The number of amides is 1. The van der Waals surface area contributed by atoms with Crippen LogP contribution in [-0.2, 0) is 6.61 Å². The summed E-state index contributed by atoms with van der Waals surface area (Å²) in [5, 5.41) is 25.1. The molecule has 0 spiro atoms. The lowest BCUT2D eigenvalue weighted by atomic mass is 10.1. The van der Waals surface area contributed by atoms with Gasteiger partial charge in [0.05, 0.1) is 29.5 Å². The molecule has 8 nitrogen and oxygen atoms in total. The quantitative estimate of drug-likeness (QED) is 0.223. The van der Waals surface area contributed by atoms with Gasteiger partial charge in [-0.1, -0.05) is 48.0 Å². The number of carboxylic acids is 1. The number of nitrogens with one attached hydrogen (secondary N) is 1. The molecular formula is C27H21ClN2O6. The normalized spacial score (nSPS) is 10.9. The van der Waals surface area contributed by atoms with Crippen LogP contribution in [0.3, 0.4) is 0 Å². The number of halogens is 1. The summed E-state index contributed by atoms with van der Waals surface area (Å²) in [6, 6.07) is 20.0. The number of phenolic OH excluding ortho intramolecular Hbond substituents is 1. The molecule has 9 heteroatoms. The average molecular weight is 505 g/mol. The second-order valence-electron chi connectivity index (χ2n) is 7.74. The summed E-state index contributed by atoms with van der Waals surface area (Å²) in [6.45, 7) is 0.148. The van der Waals surface area contributed by atoms with E-state index in [1.54, 1.807) is 30.3 Å². The molecule has 0 fully saturated rings. The number of carbonyl (C=O) groups is 2. The Balaban J connectivity index is 1.45. The van der Waals surface area contributed by atoms with Gasteiger partial charge in [-0.2, -0.15) is 5.10 Å².